The Kier molecular flexibility index (Phi) is 10.7. The Balaban J connectivity index is 1.79. The van der Waals surface area contributed by atoms with Gasteiger partial charge in [0.05, 0.1) is 5.56 Å². The number of hydrogen-bond acceptors (Lipinski definition) is 5. The van der Waals surface area contributed by atoms with Crippen LogP contribution in [0.2, 0.25) is 0 Å². The van der Waals surface area contributed by atoms with Crippen LogP contribution in [0.15, 0.2) is 60.7 Å². The van der Waals surface area contributed by atoms with Crippen LogP contribution in [0, 0.1) is 18.6 Å². The first kappa shape index (κ1) is 29.9. The van der Waals surface area contributed by atoms with Crippen LogP contribution in [0.25, 0.3) is 0 Å². The number of halogens is 2. The van der Waals surface area contributed by atoms with E-state index < -0.39 is 29.7 Å². The van der Waals surface area contributed by atoms with Gasteiger partial charge in [-0.1, -0.05) is 31.2 Å². The number of benzene rings is 3. The molecular formula is C31H37F2N3O3. The van der Waals surface area contributed by atoms with Crippen molar-refractivity contribution in [3.8, 4) is 0 Å². The molecule has 39 heavy (non-hydrogen) atoms. The van der Waals surface area contributed by atoms with Crippen LogP contribution in [0.4, 0.5) is 8.78 Å². The van der Waals surface area contributed by atoms with Crippen molar-refractivity contribution in [3.63, 3.8) is 0 Å². The van der Waals surface area contributed by atoms with Gasteiger partial charge < -0.3 is 21.1 Å². The maximum Gasteiger partial charge on any atom is 0.338 e. The van der Waals surface area contributed by atoms with Crippen molar-refractivity contribution in [2.75, 3.05) is 6.54 Å². The first-order chi connectivity index (χ1) is 18.5. The lowest BCUT2D eigenvalue weighted by Gasteiger charge is -2.25. The van der Waals surface area contributed by atoms with E-state index in [2.05, 4.69) is 29.7 Å². The number of carbonyl (C=O) groups excluding carboxylic acids is 2. The molecule has 0 unspecified atom stereocenters. The Morgan fingerprint density at radius 1 is 0.923 bits per heavy atom. The summed E-state index contributed by atoms with van der Waals surface area (Å²) in [4.78, 5) is 25.8. The average Bonchev–Trinajstić information content (AvgIpc) is 2.86. The van der Waals surface area contributed by atoms with Gasteiger partial charge in [-0.15, -0.1) is 0 Å². The number of rotatable bonds is 12. The third-order valence-corrected chi connectivity index (χ3v) is 6.20. The molecule has 208 valence electrons. The summed E-state index contributed by atoms with van der Waals surface area (Å²) in [6.45, 7) is 8.31. The first-order valence-corrected chi connectivity index (χ1v) is 13.2. The molecule has 3 aromatic carbocycles. The van der Waals surface area contributed by atoms with E-state index in [0.717, 1.165) is 23.6 Å². The fourth-order valence-electron chi connectivity index (χ4n) is 4.31. The number of hydrogen-bond donors (Lipinski definition) is 3. The molecule has 0 heterocycles. The molecule has 0 radical (unpaired) electrons. The van der Waals surface area contributed by atoms with E-state index in [-0.39, 0.29) is 30.5 Å². The fourth-order valence-corrected chi connectivity index (χ4v) is 4.31. The monoisotopic (exact) mass is 537 g/mol. The summed E-state index contributed by atoms with van der Waals surface area (Å²) in [6, 6.07) is 15.4. The van der Waals surface area contributed by atoms with Crippen molar-refractivity contribution < 1.29 is 23.1 Å². The van der Waals surface area contributed by atoms with E-state index in [1.54, 1.807) is 19.1 Å². The summed E-state index contributed by atoms with van der Waals surface area (Å²) in [7, 11) is 0. The molecule has 0 spiro atoms. The van der Waals surface area contributed by atoms with E-state index in [0.29, 0.717) is 17.7 Å². The fraction of sp³-hybridized carbons (Fsp3) is 0.355. The van der Waals surface area contributed by atoms with Gasteiger partial charge in [0.25, 0.3) is 5.91 Å². The minimum atomic E-state index is -0.813. The van der Waals surface area contributed by atoms with Gasteiger partial charge in [0.15, 0.2) is 0 Å². The van der Waals surface area contributed by atoms with Crippen LogP contribution in [0.3, 0.4) is 0 Å². The molecular weight excluding hydrogens is 500 g/mol. The highest BCUT2D eigenvalue weighted by Crippen LogP contribution is 2.16. The Labute approximate surface area is 228 Å². The Bertz CT molecular complexity index is 1280. The van der Waals surface area contributed by atoms with Crippen LogP contribution in [0.5, 0.6) is 0 Å². The molecule has 2 atom stereocenters. The normalized spacial score (nSPS) is 12.7. The van der Waals surface area contributed by atoms with E-state index >= 15 is 0 Å². The smallest absolute Gasteiger partial charge is 0.338 e. The maximum absolute atomic E-state index is 13.8. The van der Waals surface area contributed by atoms with E-state index in [1.165, 1.54) is 23.8 Å². The number of aryl methyl sites for hydroxylation is 2. The number of ether oxygens (including phenoxy) is 1. The quantitative estimate of drug-likeness (QED) is 0.287. The number of esters is 1. The summed E-state index contributed by atoms with van der Waals surface area (Å²) in [5.41, 5.74) is 10.4. The van der Waals surface area contributed by atoms with Crippen molar-refractivity contribution in [1.82, 2.24) is 10.6 Å². The molecule has 3 rings (SSSR count). The number of amides is 1. The molecule has 4 N–H and O–H groups in total. The second-order valence-corrected chi connectivity index (χ2v) is 10.1. The second kappa shape index (κ2) is 14.0. The molecule has 0 fully saturated rings. The van der Waals surface area contributed by atoms with Gasteiger partial charge in [-0.3, -0.25) is 4.79 Å². The lowest BCUT2D eigenvalue weighted by molar-refractivity contribution is 0.0238. The molecule has 3 aromatic rings. The van der Waals surface area contributed by atoms with E-state index in [1.807, 2.05) is 26.0 Å². The van der Waals surface area contributed by atoms with Crippen molar-refractivity contribution in [3.05, 3.63) is 106 Å². The topological polar surface area (TPSA) is 93.4 Å². The summed E-state index contributed by atoms with van der Waals surface area (Å²) in [5.74, 6) is -2.34. The third-order valence-electron chi connectivity index (χ3n) is 6.20. The molecule has 0 bridgehead atoms. The lowest BCUT2D eigenvalue weighted by atomic mass is 10.0. The van der Waals surface area contributed by atoms with Crippen molar-refractivity contribution in [1.29, 1.82) is 0 Å². The molecule has 0 aliphatic rings. The van der Waals surface area contributed by atoms with Gasteiger partial charge in [0.2, 0.25) is 0 Å². The predicted octanol–water partition coefficient (Wildman–Crippen LogP) is 4.86. The SMILES string of the molecule is CCc1cccc(CNC[C@@H](OC(=O)c2cc(C)cc(C(=O)NC(C)C)c2)[C@@H](N)Cc2cc(F)cc(F)c2)c1. The predicted molar refractivity (Wildman–Crippen MR) is 149 cm³/mol. The lowest BCUT2D eigenvalue weighted by Crippen LogP contribution is -2.46. The largest absolute Gasteiger partial charge is 0.456 e. The molecule has 0 aliphatic heterocycles. The molecule has 0 aliphatic carbocycles. The summed E-state index contributed by atoms with van der Waals surface area (Å²) < 4.78 is 33.4. The zero-order chi connectivity index (χ0) is 28.5. The highest BCUT2D eigenvalue weighted by Gasteiger charge is 2.24. The van der Waals surface area contributed by atoms with Gasteiger partial charge in [0.1, 0.15) is 17.7 Å². The number of nitrogens with one attached hydrogen (secondary N) is 2. The Morgan fingerprint density at radius 3 is 2.26 bits per heavy atom. The van der Waals surface area contributed by atoms with Gasteiger partial charge in [-0.05, 0) is 86.2 Å². The Hall–Kier alpha value is -3.62. The molecule has 0 aromatic heterocycles. The zero-order valence-electron chi connectivity index (χ0n) is 22.9. The van der Waals surface area contributed by atoms with Gasteiger partial charge in [0, 0.05) is 36.8 Å². The summed E-state index contributed by atoms with van der Waals surface area (Å²) in [5, 5.41) is 6.11. The second-order valence-electron chi connectivity index (χ2n) is 10.1. The van der Waals surface area contributed by atoms with E-state index in [4.69, 9.17) is 10.5 Å². The van der Waals surface area contributed by atoms with Gasteiger partial charge >= 0.3 is 5.97 Å². The maximum atomic E-state index is 13.8. The minimum Gasteiger partial charge on any atom is -0.456 e. The van der Waals surface area contributed by atoms with Crippen LogP contribution in [-0.4, -0.2) is 36.6 Å². The molecule has 1 amide bonds. The summed E-state index contributed by atoms with van der Waals surface area (Å²) in [6.07, 6.45) is 0.193. The van der Waals surface area contributed by atoms with E-state index in [9.17, 15) is 18.4 Å². The molecule has 0 saturated carbocycles. The average molecular weight is 538 g/mol. The number of nitrogens with two attached hydrogens (primary N) is 1. The highest BCUT2D eigenvalue weighted by atomic mass is 19.1. The van der Waals surface area contributed by atoms with Gasteiger partial charge in [-0.2, -0.15) is 0 Å². The minimum absolute atomic E-state index is 0.0625. The van der Waals surface area contributed by atoms with Crippen molar-refractivity contribution >= 4 is 11.9 Å². The third kappa shape index (κ3) is 9.26. The van der Waals surface area contributed by atoms with Crippen LogP contribution in [0.1, 0.15) is 63.7 Å². The molecule has 0 saturated heterocycles. The van der Waals surface area contributed by atoms with Crippen molar-refractivity contribution in [2.45, 2.75) is 65.3 Å². The zero-order valence-corrected chi connectivity index (χ0v) is 22.9. The molecule has 8 heteroatoms. The van der Waals surface area contributed by atoms with Crippen LogP contribution >= 0.6 is 0 Å². The van der Waals surface area contributed by atoms with Crippen LogP contribution < -0.4 is 16.4 Å². The highest BCUT2D eigenvalue weighted by molar-refractivity contribution is 5.98. The summed E-state index contributed by atoms with van der Waals surface area (Å²) >= 11 is 0. The first-order valence-electron chi connectivity index (χ1n) is 13.2. The Morgan fingerprint density at radius 2 is 1.59 bits per heavy atom. The standard InChI is InChI=1S/C31H37F2N3O3/c1-5-21-7-6-8-22(11-21)17-35-18-29(28(34)14-23-12-26(32)16-27(33)13-23)39-31(38)25-10-20(4)9-24(15-25)30(37)36-19(2)3/h6-13,15-16,19,28-29,35H,5,14,17-18,34H2,1-4H3,(H,36,37)/t28-,29+/m0/s1. The van der Waals surface area contributed by atoms with Crippen LogP contribution in [-0.2, 0) is 24.1 Å². The van der Waals surface area contributed by atoms with Crippen molar-refractivity contribution in [2.24, 2.45) is 5.73 Å². The molecule has 6 nitrogen and oxygen atoms in total. The number of carbonyl (C=O) groups is 2. The van der Waals surface area contributed by atoms with Gasteiger partial charge in [-0.25, -0.2) is 13.6 Å².